The number of rotatable bonds is 5. The molecule has 0 radical (unpaired) electrons. The Labute approximate surface area is 161 Å². The molecular weight excluding hydrogens is 399 g/mol. The monoisotopic (exact) mass is 421 g/mol. The van der Waals surface area contributed by atoms with Crippen molar-refractivity contribution >= 4 is 27.3 Å². The number of anilines is 1. The van der Waals surface area contributed by atoms with Gasteiger partial charge < -0.3 is 10.1 Å². The van der Waals surface area contributed by atoms with Crippen molar-refractivity contribution in [3.63, 3.8) is 0 Å². The Kier molecular flexibility index (Phi) is 6.27. The summed E-state index contributed by atoms with van der Waals surface area (Å²) in [6.07, 6.45) is 0.513. The zero-order chi connectivity index (χ0) is 21.3. The van der Waals surface area contributed by atoms with E-state index >= 15 is 0 Å². The van der Waals surface area contributed by atoms with E-state index in [1.807, 2.05) is 13.8 Å². The predicted octanol–water partition coefficient (Wildman–Crippen LogP) is 3.17. The fourth-order valence-electron chi connectivity index (χ4n) is 3.19. The molecule has 11 heteroatoms. The van der Waals surface area contributed by atoms with Crippen molar-refractivity contribution in [1.29, 1.82) is 0 Å². The lowest BCUT2D eigenvalue weighted by atomic mass is 9.81. The average Bonchev–Trinajstić information content (AvgIpc) is 2.58. The van der Waals surface area contributed by atoms with Crippen LogP contribution in [0.4, 0.5) is 18.9 Å². The molecule has 1 aliphatic rings. The Morgan fingerprint density at radius 2 is 1.93 bits per heavy atom. The van der Waals surface area contributed by atoms with Crippen LogP contribution >= 0.6 is 0 Å². The topological polar surface area (TPSA) is 99.1 Å². The lowest BCUT2D eigenvalue weighted by Gasteiger charge is -2.39. The Balaban J connectivity index is 2.33. The molecule has 1 aliphatic heterocycles. The van der Waals surface area contributed by atoms with Crippen molar-refractivity contribution in [1.82, 2.24) is 4.90 Å². The van der Waals surface area contributed by atoms with Gasteiger partial charge in [0.15, 0.2) is 0 Å². The highest BCUT2D eigenvalue weighted by Crippen LogP contribution is 2.31. The standard InChI is InChI=1S/C17H22F3N3O4S/c1-10(2)13-8-11(3)23(16(24)15(13)21-25)9-12-6-4-5-7-14(12)22-28(26,27)17(18,19)20/h4-7,10-11,13,22,25H,8-9H2,1-3H3/b21-15-/t11?,13-/m1/s1. The van der Waals surface area contributed by atoms with Gasteiger partial charge in [-0.15, -0.1) is 0 Å². The van der Waals surface area contributed by atoms with Gasteiger partial charge in [-0.25, -0.2) is 0 Å². The molecule has 1 aromatic rings. The van der Waals surface area contributed by atoms with E-state index in [0.29, 0.717) is 6.42 Å². The molecular formula is C17H22F3N3O4S. The van der Waals surface area contributed by atoms with E-state index in [2.05, 4.69) is 5.16 Å². The number of alkyl halides is 3. The number of hydrogen-bond acceptors (Lipinski definition) is 5. The Morgan fingerprint density at radius 3 is 2.46 bits per heavy atom. The van der Waals surface area contributed by atoms with Gasteiger partial charge in [0.25, 0.3) is 5.91 Å². The van der Waals surface area contributed by atoms with Crippen molar-refractivity contribution in [2.45, 2.75) is 45.3 Å². The Bertz CT molecular complexity index is 869. The quantitative estimate of drug-likeness (QED) is 0.564. The maximum Gasteiger partial charge on any atom is 0.516 e. The minimum absolute atomic E-state index is 0.0125. The molecule has 2 rings (SSSR count). The first-order valence-electron chi connectivity index (χ1n) is 8.59. The maximum absolute atomic E-state index is 12.8. The minimum atomic E-state index is -5.59. The summed E-state index contributed by atoms with van der Waals surface area (Å²) in [4.78, 5) is 14.1. The molecule has 0 spiro atoms. The zero-order valence-electron chi connectivity index (χ0n) is 15.6. The number of sulfonamides is 1. The molecule has 28 heavy (non-hydrogen) atoms. The van der Waals surface area contributed by atoms with Crippen molar-refractivity contribution in [3.8, 4) is 0 Å². The molecule has 2 N–H and O–H groups in total. The number of likely N-dealkylation sites (tertiary alicyclic amines) is 1. The first-order valence-corrected chi connectivity index (χ1v) is 10.1. The smallest absolute Gasteiger partial charge is 0.410 e. The molecule has 0 aliphatic carbocycles. The van der Waals surface area contributed by atoms with Crippen molar-refractivity contribution in [3.05, 3.63) is 29.8 Å². The summed E-state index contributed by atoms with van der Waals surface area (Å²) in [5.41, 5.74) is -5.55. The zero-order valence-corrected chi connectivity index (χ0v) is 16.4. The van der Waals surface area contributed by atoms with Crippen LogP contribution in [0.15, 0.2) is 29.4 Å². The Hall–Kier alpha value is -2.30. The highest BCUT2D eigenvalue weighted by atomic mass is 32.2. The number of hydrogen-bond donors (Lipinski definition) is 2. The molecule has 7 nitrogen and oxygen atoms in total. The van der Waals surface area contributed by atoms with Crippen LogP contribution in [-0.2, 0) is 21.4 Å². The molecule has 1 aromatic carbocycles. The average molecular weight is 421 g/mol. The van der Waals surface area contributed by atoms with Gasteiger partial charge in [0.1, 0.15) is 5.71 Å². The fraction of sp³-hybridized carbons (Fsp3) is 0.529. The number of oxime groups is 1. The van der Waals surface area contributed by atoms with Gasteiger partial charge in [-0.2, -0.15) is 21.6 Å². The van der Waals surface area contributed by atoms with E-state index < -0.39 is 21.4 Å². The number of nitrogens with zero attached hydrogens (tertiary/aromatic N) is 2. The normalized spacial score (nSPS) is 22.8. The van der Waals surface area contributed by atoms with E-state index in [1.54, 1.807) is 6.92 Å². The highest BCUT2D eigenvalue weighted by molar-refractivity contribution is 7.93. The number of nitrogens with one attached hydrogen (secondary N) is 1. The summed E-state index contributed by atoms with van der Waals surface area (Å²) in [5, 5.41) is 12.4. The first kappa shape index (κ1) is 22.0. The third-order valence-electron chi connectivity index (χ3n) is 4.78. The fourth-order valence-corrected chi connectivity index (χ4v) is 3.79. The van der Waals surface area contributed by atoms with Gasteiger partial charge >= 0.3 is 15.5 Å². The number of para-hydroxylation sites is 1. The summed E-state index contributed by atoms with van der Waals surface area (Å²) < 4.78 is 62.5. The van der Waals surface area contributed by atoms with Crippen LogP contribution in [0.25, 0.3) is 0 Å². The third-order valence-corrected chi connectivity index (χ3v) is 5.88. The summed E-state index contributed by atoms with van der Waals surface area (Å²) in [6, 6.07) is 5.25. The molecule has 1 heterocycles. The van der Waals surface area contributed by atoms with E-state index in [4.69, 9.17) is 0 Å². The lowest BCUT2D eigenvalue weighted by molar-refractivity contribution is -0.129. The predicted molar refractivity (Wildman–Crippen MR) is 97.2 cm³/mol. The molecule has 0 aromatic heterocycles. The summed E-state index contributed by atoms with van der Waals surface area (Å²) in [7, 11) is -5.59. The molecule has 1 saturated heterocycles. The molecule has 1 fully saturated rings. The Morgan fingerprint density at radius 1 is 1.32 bits per heavy atom. The molecule has 1 unspecified atom stereocenters. The van der Waals surface area contributed by atoms with Crippen LogP contribution in [0.1, 0.15) is 32.8 Å². The summed E-state index contributed by atoms with van der Waals surface area (Å²) in [5.74, 6) is -0.721. The number of carbonyl (C=O) groups is 1. The van der Waals surface area contributed by atoms with E-state index in [9.17, 15) is 31.6 Å². The summed E-state index contributed by atoms with van der Waals surface area (Å²) >= 11 is 0. The molecule has 156 valence electrons. The molecule has 0 saturated carbocycles. The van der Waals surface area contributed by atoms with Gasteiger partial charge in [-0.1, -0.05) is 37.2 Å². The number of benzene rings is 1. The molecule has 1 amide bonds. The number of halogens is 3. The van der Waals surface area contributed by atoms with E-state index in [-0.39, 0.29) is 41.4 Å². The van der Waals surface area contributed by atoms with Crippen LogP contribution in [0.5, 0.6) is 0 Å². The van der Waals surface area contributed by atoms with Crippen molar-refractivity contribution in [2.24, 2.45) is 17.0 Å². The van der Waals surface area contributed by atoms with Crippen LogP contribution in [0, 0.1) is 11.8 Å². The highest BCUT2D eigenvalue weighted by Gasteiger charge is 2.46. The number of amides is 1. The van der Waals surface area contributed by atoms with Crippen LogP contribution in [-0.4, -0.2) is 41.7 Å². The second-order valence-corrected chi connectivity index (χ2v) is 8.74. The van der Waals surface area contributed by atoms with Gasteiger partial charge in [0.05, 0.1) is 5.69 Å². The van der Waals surface area contributed by atoms with Crippen molar-refractivity contribution in [2.75, 3.05) is 4.72 Å². The van der Waals surface area contributed by atoms with Gasteiger partial charge in [0, 0.05) is 18.5 Å². The second-order valence-electron chi connectivity index (χ2n) is 7.06. The van der Waals surface area contributed by atoms with E-state index in [1.165, 1.54) is 33.9 Å². The van der Waals surface area contributed by atoms with Gasteiger partial charge in [-0.05, 0) is 30.9 Å². The number of piperidine rings is 1. The molecule has 0 bridgehead atoms. The van der Waals surface area contributed by atoms with Gasteiger partial charge in [-0.3, -0.25) is 9.52 Å². The third kappa shape index (κ3) is 4.40. The van der Waals surface area contributed by atoms with Crippen LogP contribution in [0.3, 0.4) is 0 Å². The van der Waals surface area contributed by atoms with Crippen molar-refractivity contribution < 1.29 is 31.6 Å². The molecule has 2 atom stereocenters. The first-order chi connectivity index (χ1) is 12.9. The minimum Gasteiger partial charge on any atom is -0.410 e. The van der Waals surface area contributed by atoms with E-state index in [0.717, 1.165) is 0 Å². The van der Waals surface area contributed by atoms with Crippen LogP contribution < -0.4 is 4.72 Å². The summed E-state index contributed by atoms with van der Waals surface area (Å²) in [6.45, 7) is 5.43. The maximum atomic E-state index is 12.8. The van der Waals surface area contributed by atoms with Crippen LogP contribution in [0.2, 0.25) is 0 Å². The second kappa shape index (κ2) is 7.98. The lowest BCUT2D eigenvalue weighted by Crippen LogP contribution is -2.51. The number of carbonyl (C=O) groups excluding carboxylic acids is 1. The largest absolute Gasteiger partial charge is 0.516 e. The SMILES string of the molecule is CC(C)[C@H]1CC(C)N(Cc2ccccc2NS(=O)(=O)C(F)(F)F)C(=O)/C1=N\O. The van der Waals surface area contributed by atoms with Gasteiger partial charge in [0.2, 0.25) is 0 Å².